The summed E-state index contributed by atoms with van der Waals surface area (Å²) in [5, 5.41) is 27.7. The minimum Gasteiger partial charge on any atom is -0.285 e. The van der Waals surface area contributed by atoms with Crippen LogP contribution in [0.5, 0.6) is 0 Å². The van der Waals surface area contributed by atoms with E-state index in [9.17, 15) is 29.8 Å². The van der Waals surface area contributed by atoms with E-state index in [-0.39, 0.29) is 28.4 Å². The van der Waals surface area contributed by atoms with Crippen molar-refractivity contribution in [3.8, 4) is 0 Å². The topological polar surface area (TPSA) is 160 Å². The van der Waals surface area contributed by atoms with E-state index in [1.165, 1.54) is 47.5 Å². The molecule has 2 aromatic rings. The number of hydrazone groups is 1. The Labute approximate surface area is 187 Å². The van der Waals surface area contributed by atoms with E-state index in [0.717, 1.165) is 31.0 Å². The zero-order valence-electron chi connectivity index (χ0n) is 17.3. The summed E-state index contributed by atoms with van der Waals surface area (Å²) in [4.78, 5) is 46.7. The molecule has 2 amide bonds. The number of benzene rings is 2. The maximum Gasteiger partial charge on any atom is 0.275 e. The number of hydrogen-bond acceptors (Lipinski definition) is 8. The van der Waals surface area contributed by atoms with Crippen molar-refractivity contribution >= 4 is 28.9 Å². The highest BCUT2D eigenvalue weighted by atomic mass is 16.6. The fourth-order valence-corrected chi connectivity index (χ4v) is 4.05. The molecule has 0 unspecified atom stereocenters. The van der Waals surface area contributed by atoms with Crippen molar-refractivity contribution in [2.24, 2.45) is 11.0 Å². The molecule has 1 saturated carbocycles. The number of nitro benzene ring substituents is 2. The number of carbonyl (C=O) groups is 2. The highest BCUT2D eigenvalue weighted by Crippen LogP contribution is 2.33. The zero-order valence-corrected chi connectivity index (χ0v) is 17.3. The maximum absolute atomic E-state index is 13.2. The first-order valence-electron chi connectivity index (χ1n) is 10.3. The number of nitrogens with zero attached hydrogens (tertiary/aromatic N) is 4. The van der Waals surface area contributed by atoms with Gasteiger partial charge in [-0.05, 0) is 31.4 Å². The van der Waals surface area contributed by atoms with E-state index in [2.05, 4.69) is 16.0 Å². The normalized spacial score (nSPS) is 19.4. The number of nitro groups is 2. The van der Waals surface area contributed by atoms with Gasteiger partial charge in [0.2, 0.25) is 0 Å². The maximum atomic E-state index is 13.2. The van der Waals surface area contributed by atoms with Crippen molar-refractivity contribution < 1.29 is 19.4 Å². The van der Waals surface area contributed by atoms with Crippen molar-refractivity contribution in [1.82, 2.24) is 15.9 Å². The van der Waals surface area contributed by atoms with E-state index >= 15 is 0 Å². The Morgan fingerprint density at radius 2 is 1.61 bits per heavy atom. The predicted molar refractivity (Wildman–Crippen MR) is 116 cm³/mol. The second-order valence-electron chi connectivity index (χ2n) is 7.75. The van der Waals surface area contributed by atoms with Crippen molar-refractivity contribution in [3.05, 3.63) is 79.9 Å². The van der Waals surface area contributed by atoms with Crippen LogP contribution in [0, 0.1) is 26.1 Å². The summed E-state index contributed by atoms with van der Waals surface area (Å²) in [6, 6.07) is 10.6. The first-order valence-corrected chi connectivity index (χ1v) is 10.3. The summed E-state index contributed by atoms with van der Waals surface area (Å²) in [5.74, 6) is -1.28. The Morgan fingerprint density at radius 3 is 2.27 bits per heavy atom. The Morgan fingerprint density at radius 1 is 0.970 bits per heavy atom. The summed E-state index contributed by atoms with van der Waals surface area (Å²) in [5.41, 5.74) is 5.94. The molecule has 0 saturated heterocycles. The minimum absolute atomic E-state index is 0.0797. The van der Waals surface area contributed by atoms with E-state index in [0.29, 0.717) is 6.42 Å². The van der Waals surface area contributed by atoms with Crippen LogP contribution in [0.3, 0.4) is 0 Å². The van der Waals surface area contributed by atoms with Gasteiger partial charge in [0, 0.05) is 47.0 Å². The van der Waals surface area contributed by atoms with Gasteiger partial charge in [0.05, 0.1) is 9.85 Å². The molecular formula is C21H20N6O6. The molecule has 1 heterocycles. The largest absolute Gasteiger partial charge is 0.285 e. The minimum atomic E-state index is -0.699. The van der Waals surface area contributed by atoms with Gasteiger partial charge in [0.15, 0.2) is 0 Å². The number of hydrogen-bond donors (Lipinski definition) is 2. The summed E-state index contributed by atoms with van der Waals surface area (Å²) in [7, 11) is 0. The lowest BCUT2D eigenvalue weighted by molar-refractivity contribution is -0.385. The molecule has 1 aliphatic carbocycles. The molecule has 2 N–H and O–H groups in total. The molecule has 2 atom stereocenters. The van der Waals surface area contributed by atoms with Crippen LogP contribution in [0.25, 0.3) is 0 Å². The van der Waals surface area contributed by atoms with Crippen LogP contribution in [0.1, 0.15) is 46.4 Å². The quantitative estimate of drug-likeness (QED) is 0.503. The van der Waals surface area contributed by atoms with Crippen molar-refractivity contribution in [2.75, 3.05) is 0 Å². The lowest BCUT2D eigenvalue weighted by atomic mass is 9.86. The number of nitrogens with one attached hydrogen (secondary N) is 2. The van der Waals surface area contributed by atoms with Gasteiger partial charge in [-0.2, -0.15) is 5.10 Å². The third-order valence-corrected chi connectivity index (χ3v) is 5.67. The molecule has 12 nitrogen and oxygen atoms in total. The van der Waals surface area contributed by atoms with Gasteiger partial charge in [0.25, 0.3) is 23.2 Å². The van der Waals surface area contributed by atoms with Crippen LogP contribution in [-0.4, -0.2) is 38.5 Å². The molecule has 0 spiro atoms. The lowest BCUT2D eigenvalue weighted by Crippen LogP contribution is -2.55. The smallest absolute Gasteiger partial charge is 0.275 e. The van der Waals surface area contributed by atoms with Gasteiger partial charge in [0.1, 0.15) is 6.17 Å². The molecule has 1 aliphatic heterocycles. The summed E-state index contributed by atoms with van der Waals surface area (Å²) < 4.78 is 0. The van der Waals surface area contributed by atoms with Gasteiger partial charge in [-0.25, -0.2) is 10.4 Å². The molecular weight excluding hydrogens is 432 g/mol. The average molecular weight is 452 g/mol. The van der Waals surface area contributed by atoms with Gasteiger partial charge in [-0.1, -0.05) is 18.6 Å². The van der Waals surface area contributed by atoms with E-state index in [1.54, 1.807) is 0 Å². The third-order valence-electron chi connectivity index (χ3n) is 5.67. The molecule has 0 bridgehead atoms. The molecule has 33 heavy (non-hydrogen) atoms. The van der Waals surface area contributed by atoms with Crippen LogP contribution >= 0.6 is 0 Å². The molecule has 4 rings (SSSR count). The molecule has 1 fully saturated rings. The molecule has 0 radical (unpaired) electrons. The summed E-state index contributed by atoms with van der Waals surface area (Å²) in [6.45, 7) is 0. The molecule has 2 aromatic carbocycles. The number of carbonyl (C=O) groups excluding carboxylic acids is 2. The number of amides is 2. The fourth-order valence-electron chi connectivity index (χ4n) is 4.05. The average Bonchev–Trinajstić information content (AvgIpc) is 3.20. The Balaban J connectivity index is 1.55. The standard InChI is InChI=1S/C21H20N6O6/c28-20(13-5-3-7-15(11-13)26(30)31)23-22-19-17-9-1-2-10-18(17)24-25(19)21(29)14-6-4-8-16(12-14)27(32)33/h3-8,11-12,17,19,22H,1-2,9-10H2,(H,23,28)/t17-,19-/m1/s1. The predicted octanol–water partition coefficient (Wildman–Crippen LogP) is 2.77. The lowest BCUT2D eigenvalue weighted by Gasteiger charge is -2.29. The Hall–Kier alpha value is -4.19. The van der Waals surface area contributed by atoms with Crippen LogP contribution < -0.4 is 10.9 Å². The van der Waals surface area contributed by atoms with E-state index < -0.39 is 27.8 Å². The first-order chi connectivity index (χ1) is 15.8. The summed E-state index contributed by atoms with van der Waals surface area (Å²) in [6.07, 6.45) is 2.62. The second-order valence-corrected chi connectivity index (χ2v) is 7.75. The second kappa shape index (κ2) is 9.12. The monoisotopic (exact) mass is 452 g/mol. The first kappa shape index (κ1) is 22.0. The van der Waals surface area contributed by atoms with Gasteiger partial charge in [-0.15, -0.1) is 0 Å². The van der Waals surface area contributed by atoms with Crippen molar-refractivity contribution in [3.63, 3.8) is 0 Å². The SMILES string of the molecule is O=C(NN[C@H]1[C@@H]2CCCCC2=NN1C(=O)c1cccc([N+](=O)[O-])c1)c1cccc([N+](=O)[O-])c1. The highest BCUT2D eigenvalue weighted by Gasteiger charge is 2.41. The Kier molecular flexibility index (Phi) is 6.09. The van der Waals surface area contributed by atoms with Gasteiger partial charge in [-0.3, -0.25) is 35.2 Å². The zero-order chi connectivity index (χ0) is 23.5. The molecule has 2 aliphatic rings. The third kappa shape index (κ3) is 4.55. The van der Waals surface area contributed by atoms with E-state index in [4.69, 9.17) is 0 Å². The van der Waals surface area contributed by atoms with Crippen LogP contribution in [-0.2, 0) is 0 Å². The molecule has 12 heteroatoms. The fraction of sp³-hybridized carbons (Fsp3) is 0.286. The number of rotatable bonds is 6. The molecule has 0 aromatic heterocycles. The van der Waals surface area contributed by atoms with E-state index in [1.807, 2.05) is 0 Å². The van der Waals surface area contributed by atoms with Crippen molar-refractivity contribution in [1.29, 1.82) is 0 Å². The highest BCUT2D eigenvalue weighted by molar-refractivity contribution is 5.99. The Bertz CT molecular complexity index is 1170. The number of non-ortho nitro benzene ring substituents is 2. The van der Waals surface area contributed by atoms with Crippen LogP contribution in [0.15, 0.2) is 53.6 Å². The number of fused-ring (bicyclic) bond motifs is 1. The van der Waals surface area contributed by atoms with Crippen LogP contribution in [0.4, 0.5) is 11.4 Å². The van der Waals surface area contributed by atoms with Gasteiger partial charge < -0.3 is 0 Å². The van der Waals surface area contributed by atoms with Crippen LogP contribution in [0.2, 0.25) is 0 Å². The van der Waals surface area contributed by atoms with Crippen molar-refractivity contribution in [2.45, 2.75) is 31.8 Å². The summed E-state index contributed by atoms with van der Waals surface area (Å²) >= 11 is 0. The number of hydrazine groups is 1. The molecule has 170 valence electrons. The van der Waals surface area contributed by atoms with Gasteiger partial charge >= 0.3 is 0 Å².